The van der Waals surface area contributed by atoms with Crippen LogP contribution < -0.4 is 11.1 Å². The van der Waals surface area contributed by atoms with Crippen LogP contribution in [0.2, 0.25) is 0 Å². The van der Waals surface area contributed by atoms with E-state index in [4.69, 9.17) is 15.7 Å². The minimum Gasteiger partial charge on any atom is -0.385 e. The summed E-state index contributed by atoms with van der Waals surface area (Å²) < 4.78 is 46.3. The average Bonchev–Trinajstić information content (AvgIpc) is 2.76. The van der Waals surface area contributed by atoms with Gasteiger partial charge in [0, 0.05) is 11.9 Å². The Labute approximate surface area is 176 Å². The van der Waals surface area contributed by atoms with Crippen molar-refractivity contribution in [2.24, 2.45) is 10.7 Å². The maximum atomic E-state index is 14.2. The summed E-state index contributed by atoms with van der Waals surface area (Å²) in [6.07, 6.45) is 0.921. The summed E-state index contributed by atoms with van der Waals surface area (Å²) in [4.78, 5) is 20.0. The number of rotatable bonds is 6. The van der Waals surface area contributed by atoms with Crippen LogP contribution in [0.3, 0.4) is 0 Å². The lowest BCUT2D eigenvalue weighted by Gasteiger charge is -2.29. The molecule has 1 aromatic heterocycles. The number of amides is 1. The molecular weight excluding hydrogens is 411 g/mol. The number of nitrogens with zero attached hydrogens (tertiary/aromatic N) is 3. The van der Waals surface area contributed by atoms with Gasteiger partial charge in [-0.15, -0.1) is 0 Å². The third-order valence-electron chi connectivity index (χ3n) is 4.49. The number of hydrogen-bond donors (Lipinski definition) is 2. The van der Waals surface area contributed by atoms with E-state index in [-0.39, 0.29) is 36.7 Å². The van der Waals surface area contributed by atoms with Gasteiger partial charge < -0.3 is 15.8 Å². The van der Waals surface area contributed by atoms with Gasteiger partial charge in [0.1, 0.15) is 30.0 Å². The number of hydrogen-bond acceptors (Lipinski definition) is 6. The van der Waals surface area contributed by atoms with Crippen molar-refractivity contribution in [3.05, 3.63) is 71.3 Å². The number of alkyl halides is 2. The highest BCUT2D eigenvalue weighted by Crippen LogP contribution is 2.26. The molecule has 0 radical (unpaired) electrons. The van der Waals surface area contributed by atoms with Crippen LogP contribution in [0.5, 0.6) is 0 Å². The normalized spacial score (nSPS) is 18.6. The number of nitrogens with two attached hydrogens (primary N) is 1. The number of aromatic nitrogens is 1. The topological polar surface area (TPSA) is 113 Å². The number of amidine groups is 1. The second-order valence-electron chi connectivity index (χ2n) is 6.80. The Hall–Kier alpha value is -3.71. The number of halogens is 3. The number of nitrogens with one attached hydrogen (secondary N) is 1. The molecule has 1 aromatic carbocycles. The highest BCUT2D eigenvalue weighted by atomic mass is 19.3. The fraction of sp³-hybridized carbons (Fsp3) is 0.238. The average molecular weight is 429 g/mol. The van der Waals surface area contributed by atoms with Gasteiger partial charge in [-0.1, -0.05) is 12.2 Å². The van der Waals surface area contributed by atoms with Crippen LogP contribution in [0.1, 0.15) is 21.6 Å². The number of allylic oxidation sites excluding steroid dienone is 1. The molecule has 0 fully saturated rings. The Kier molecular flexibility index (Phi) is 6.67. The molecule has 160 valence electrons. The standard InChI is InChI=1S/C21H18F3N5O2/c22-16-5-4-15(28-19(30)17-6-3-13(9-25)10-27-17)8-14(16)2-1-7-21(20(23)24)12-31-11-18(26)29-21/h1,3-8,10,20H,2,11-12H2,(H2,26,29)(H,28,30). The van der Waals surface area contributed by atoms with Gasteiger partial charge >= 0.3 is 0 Å². The Balaban J connectivity index is 1.73. The summed E-state index contributed by atoms with van der Waals surface area (Å²) in [5.74, 6) is -1.14. The third kappa shape index (κ3) is 5.26. The van der Waals surface area contributed by atoms with Gasteiger partial charge in [-0.3, -0.25) is 9.79 Å². The number of benzene rings is 1. The molecule has 3 rings (SSSR count). The lowest BCUT2D eigenvalue weighted by atomic mass is 9.99. The smallest absolute Gasteiger partial charge is 0.274 e. The zero-order chi connectivity index (χ0) is 22.4. The van der Waals surface area contributed by atoms with E-state index in [9.17, 15) is 18.0 Å². The molecule has 1 unspecified atom stereocenters. The molecule has 0 bridgehead atoms. The van der Waals surface area contributed by atoms with Gasteiger partial charge in [0.15, 0.2) is 5.54 Å². The number of anilines is 1. The predicted molar refractivity (Wildman–Crippen MR) is 107 cm³/mol. The van der Waals surface area contributed by atoms with Gasteiger partial charge in [0.25, 0.3) is 12.3 Å². The second kappa shape index (κ2) is 9.40. The molecule has 2 aromatic rings. The minimum absolute atomic E-state index is 0.0193. The first-order valence-electron chi connectivity index (χ1n) is 9.17. The maximum Gasteiger partial charge on any atom is 0.274 e. The fourth-order valence-corrected chi connectivity index (χ4v) is 2.91. The van der Waals surface area contributed by atoms with Crippen molar-refractivity contribution in [3.63, 3.8) is 0 Å². The van der Waals surface area contributed by atoms with E-state index in [0.29, 0.717) is 11.3 Å². The number of nitriles is 1. The Bertz CT molecular complexity index is 1060. The Morgan fingerprint density at radius 1 is 1.39 bits per heavy atom. The number of pyridine rings is 1. The van der Waals surface area contributed by atoms with E-state index < -0.39 is 23.7 Å². The van der Waals surface area contributed by atoms with Crippen molar-refractivity contribution >= 4 is 17.4 Å². The summed E-state index contributed by atoms with van der Waals surface area (Å²) in [6, 6.07) is 8.66. The molecule has 0 saturated heterocycles. The lowest BCUT2D eigenvalue weighted by molar-refractivity contribution is 0.0139. The molecule has 3 N–H and O–H groups in total. The molecule has 0 spiro atoms. The van der Waals surface area contributed by atoms with Gasteiger partial charge in [0.2, 0.25) is 0 Å². The summed E-state index contributed by atoms with van der Waals surface area (Å²) in [5.41, 5.74) is 4.48. The Morgan fingerprint density at radius 3 is 2.84 bits per heavy atom. The number of carbonyl (C=O) groups excluding carboxylic acids is 1. The van der Waals surface area contributed by atoms with Crippen molar-refractivity contribution in [1.82, 2.24) is 4.98 Å². The first-order valence-corrected chi connectivity index (χ1v) is 9.17. The van der Waals surface area contributed by atoms with Crippen LogP contribution in [0.15, 0.2) is 53.7 Å². The molecule has 0 aliphatic carbocycles. The molecule has 1 atom stereocenters. The van der Waals surface area contributed by atoms with E-state index >= 15 is 0 Å². The monoisotopic (exact) mass is 429 g/mol. The summed E-state index contributed by atoms with van der Waals surface area (Å²) >= 11 is 0. The third-order valence-corrected chi connectivity index (χ3v) is 4.49. The van der Waals surface area contributed by atoms with Crippen molar-refractivity contribution in [2.45, 2.75) is 18.4 Å². The van der Waals surface area contributed by atoms with Crippen LogP contribution in [-0.2, 0) is 11.2 Å². The molecule has 10 heteroatoms. The predicted octanol–water partition coefficient (Wildman–Crippen LogP) is 2.83. The minimum atomic E-state index is -2.85. The lowest BCUT2D eigenvalue weighted by Crippen LogP contribution is -2.45. The first kappa shape index (κ1) is 22.0. The number of ether oxygens (including phenoxy) is 1. The number of carbonyl (C=O) groups is 1. The van der Waals surface area contributed by atoms with Gasteiger partial charge in [-0.25, -0.2) is 18.2 Å². The maximum absolute atomic E-state index is 14.2. The highest BCUT2D eigenvalue weighted by molar-refractivity contribution is 6.02. The van der Waals surface area contributed by atoms with Crippen LogP contribution in [0.4, 0.5) is 18.9 Å². The molecular formula is C21H18F3N5O2. The van der Waals surface area contributed by atoms with Gasteiger partial charge in [0.05, 0.1) is 12.2 Å². The van der Waals surface area contributed by atoms with E-state index in [2.05, 4.69) is 15.3 Å². The van der Waals surface area contributed by atoms with E-state index in [1.807, 2.05) is 6.07 Å². The fourth-order valence-electron chi connectivity index (χ4n) is 2.91. The van der Waals surface area contributed by atoms with Crippen molar-refractivity contribution in [1.29, 1.82) is 5.26 Å². The molecule has 1 aliphatic heterocycles. The summed E-state index contributed by atoms with van der Waals surface area (Å²) in [7, 11) is 0. The molecule has 1 aliphatic rings. The zero-order valence-electron chi connectivity index (χ0n) is 16.2. The SMILES string of the molecule is N#Cc1ccc(C(=O)Nc2ccc(F)c(CC=CC3(C(F)F)COCC(N)=N3)c2)nc1. The molecule has 0 saturated carbocycles. The zero-order valence-corrected chi connectivity index (χ0v) is 16.2. The number of aliphatic imine (C=N–C) groups is 1. The van der Waals surface area contributed by atoms with Crippen LogP contribution in [0, 0.1) is 17.1 Å². The summed E-state index contributed by atoms with van der Waals surface area (Å²) in [5, 5.41) is 11.4. The van der Waals surface area contributed by atoms with Crippen LogP contribution in [0.25, 0.3) is 0 Å². The molecule has 31 heavy (non-hydrogen) atoms. The quantitative estimate of drug-likeness (QED) is 0.686. The van der Waals surface area contributed by atoms with Crippen molar-refractivity contribution < 1.29 is 22.7 Å². The van der Waals surface area contributed by atoms with Gasteiger partial charge in [-0.05, 0) is 42.3 Å². The van der Waals surface area contributed by atoms with Crippen molar-refractivity contribution in [3.8, 4) is 6.07 Å². The van der Waals surface area contributed by atoms with Crippen LogP contribution in [-0.4, -0.2) is 41.9 Å². The van der Waals surface area contributed by atoms with E-state index in [1.54, 1.807) is 0 Å². The molecule has 7 nitrogen and oxygen atoms in total. The van der Waals surface area contributed by atoms with E-state index in [1.165, 1.54) is 36.5 Å². The molecule has 1 amide bonds. The van der Waals surface area contributed by atoms with E-state index in [0.717, 1.165) is 12.1 Å². The second-order valence-corrected chi connectivity index (χ2v) is 6.80. The summed E-state index contributed by atoms with van der Waals surface area (Å²) in [6.45, 7) is -0.356. The largest absolute Gasteiger partial charge is 0.385 e. The van der Waals surface area contributed by atoms with Crippen molar-refractivity contribution in [2.75, 3.05) is 18.5 Å². The molecule has 2 heterocycles. The highest BCUT2D eigenvalue weighted by Gasteiger charge is 2.40. The van der Waals surface area contributed by atoms with Crippen LogP contribution >= 0.6 is 0 Å². The Morgan fingerprint density at radius 2 is 2.19 bits per heavy atom. The first-order chi connectivity index (χ1) is 14.8. The van der Waals surface area contributed by atoms with Gasteiger partial charge in [-0.2, -0.15) is 5.26 Å².